The van der Waals surface area contributed by atoms with Crippen LogP contribution in [-0.2, 0) is 16.1 Å². The third-order valence-corrected chi connectivity index (χ3v) is 4.77. The molecule has 1 amide bonds. The lowest BCUT2D eigenvalue weighted by Gasteiger charge is -2.21. The van der Waals surface area contributed by atoms with Gasteiger partial charge in [0.25, 0.3) is 5.91 Å². The van der Waals surface area contributed by atoms with Crippen LogP contribution in [0.4, 0.5) is 0 Å². The number of rotatable bonds is 6. The number of carbonyl (C=O) groups excluding carboxylic acids is 2. The molecule has 2 heterocycles. The molecule has 3 rings (SSSR count). The van der Waals surface area contributed by atoms with Crippen LogP contribution in [0.25, 0.3) is 10.8 Å². The largest absolute Gasteiger partial charge is 0.468 e. The molecule has 0 saturated heterocycles. The van der Waals surface area contributed by atoms with Crippen LogP contribution in [0.2, 0.25) is 0 Å². The number of aryl methyl sites for hydroxylation is 1. The summed E-state index contributed by atoms with van der Waals surface area (Å²) in [5.41, 5.74) is 1.24. The molecule has 0 aliphatic heterocycles. The van der Waals surface area contributed by atoms with E-state index in [9.17, 15) is 9.59 Å². The molecule has 0 radical (unpaired) electrons. The van der Waals surface area contributed by atoms with E-state index in [0.717, 1.165) is 10.4 Å². The molecule has 0 N–H and O–H groups in total. The molecule has 6 nitrogen and oxygen atoms in total. The van der Waals surface area contributed by atoms with Gasteiger partial charge in [0.2, 0.25) is 0 Å². The first-order valence-corrected chi connectivity index (χ1v) is 8.81. The zero-order chi connectivity index (χ0) is 18.5. The van der Waals surface area contributed by atoms with Gasteiger partial charge < -0.3 is 14.1 Å². The van der Waals surface area contributed by atoms with Gasteiger partial charge in [-0.1, -0.05) is 30.3 Å². The Labute approximate surface area is 155 Å². The summed E-state index contributed by atoms with van der Waals surface area (Å²) in [5, 5.41) is 0.633. The maximum absolute atomic E-state index is 13.0. The van der Waals surface area contributed by atoms with Crippen LogP contribution in [0, 0.1) is 6.92 Å². The second-order valence-corrected chi connectivity index (χ2v) is 6.83. The number of benzene rings is 1. The smallest absolute Gasteiger partial charge is 0.325 e. The van der Waals surface area contributed by atoms with Crippen molar-refractivity contribution >= 4 is 23.2 Å². The van der Waals surface area contributed by atoms with Gasteiger partial charge in [0.1, 0.15) is 12.2 Å². The van der Waals surface area contributed by atoms with E-state index < -0.39 is 5.97 Å². The van der Waals surface area contributed by atoms with E-state index in [4.69, 9.17) is 9.15 Å². The van der Waals surface area contributed by atoms with Gasteiger partial charge in [-0.2, -0.15) is 0 Å². The minimum atomic E-state index is -0.478. The zero-order valence-corrected chi connectivity index (χ0v) is 15.3. The van der Waals surface area contributed by atoms with Crippen LogP contribution >= 0.6 is 11.3 Å². The molecule has 0 atom stereocenters. The summed E-state index contributed by atoms with van der Waals surface area (Å²) in [6.07, 6.45) is 1.56. The highest BCUT2D eigenvalue weighted by Gasteiger charge is 2.25. The molecule has 26 heavy (non-hydrogen) atoms. The lowest BCUT2D eigenvalue weighted by molar-refractivity contribution is -0.141. The summed E-state index contributed by atoms with van der Waals surface area (Å²) in [5.74, 6) is -0.182. The molecule has 0 aliphatic rings. The first kappa shape index (κ1) is 17.9. The highest BCUT2D eigenvalue weighted by Crippen LogP contribution is 2.28. The van der Waals surface area contributed by atoms with Crippen molar-refractivity contribution in [1.82, 2.24) is 9.88 Å². The summed E-state index contributed by atoms with van der Waals surface area (Å²) in [6.45, 7) is 1.98. The SMILES string of the molecule is COC(=O)CN(Cc1ccccc1)C(=O)c1nc(-c2ccco2)sc1C. The summed E-state index contributed by atoms with van der Waals surface area (Å²) in [6, 6.07) is 13.0. The minimum absolute atomic E-state index is 0.142. The molecular weight excluding hydrogens is 352 g/mol. The molecule has 0 spiro atoms. The molecule has 3 aromatic rings. The standard InChI is InChI=1S/C19H18N2O4S/c1-13-17(20-18(26-13)15-9-6-10-25-15)19(23)21(12-16(22)24-2)11-14-7-4-3-5-8-14/h3-10H,11-12H2,1-2H3. The molecule has 0 fully saturated rings. The van der Waals surface area contributed by atoms with Crippen molar-refractivity contribution in [3.8, 4) is 10.8 Å². The van der Waals surface area contributed by atoms with E-state index in [1.807, 2.05) is 37.3 Å². The third kappa shape index (κ3) is 4.00. The van der Waals surface area contributed by atoms with Gasteiger partial charge in [0, 0.05) is 11.4 Å². The Bertz CT molecular complexity index is 888. The predicted molar refractivity (Wildman–Crippen MR) is 97.8 cm³/mol. The maximum Gasteiger partial charge on any atom is 0.325 e. The van der Waals surface area contributed by atoms with Gasteiger partial charge in [-0.05, 0) is 24.6 Å². The van der Waals surface area contributed by atoms with Crippen LogP contribution in [-0.4, -0.2) is 35.4 Å². The Kier molecular flexibility index (Phi) is 5.48. The number of amides is 1. The summed E-state index contributed by atoms with van der Waals surface area (Å²) in [7, 11) is 1.30. The summed E-state index contributed by atoms with van der Waals surface area (Å²) in [4.78, 5) is 31.4. The topological polar surface area (TPSA) is 72.6 Å². The number of carbonyl (C=O) groups is 2. The fourth-order valence-electron chi connectivity index (χ4n) is 2.47. The normalized spacial score (nSPS) is 10.5. The van der Waals surface area contributed by atoms with E-state index in [1.165, 1.54) is 23.3 Å². The molecule has 2 aromatic heterocycles. The minimum Gasteiger partial charge on any atom is -0.468 e. The first-order chi connectivity index (χ1) is 12.6. The van der Waals surface area contributed by atoms with Gasteiger partial charge in [-0.25, -0.2) is 4.98 Å². The fourth-order valence-corrected chi connectivity index (χ4v) is 3.35. The Morgan fingerprint density at radius 3 is 2.62 bits per heavy atom. The van der Waals surface area contributed by atoms with Crippen molar-refractivity contribution in [3.63, 3.8) is 0 Å². The Balaban J connectivity index is 1.88. The van der Waals surface area contributed by atoms with E-state index in [0.29, 0.717) is 23.0 Å². The Morgan fingerprint density at radius 2 is 1.96 bits per heavy atom. The molecule has 0 bridgehead atoms. The number of hydrogen-bond acceptors (Lipinski definition) is 6. The number of methoxy groups -OCH3 is 1. The van der Waals surface area contributed by atoms with Crippen molar-refractivity contribution in [2.45, 2.75) is 13.5 Å². The number of furan rings is 1. The van der Waals surface area contributed by atoms with E-state index >= 15 is 0 Å². The molecule has 0 unspecified atom stereocenters. The number of hydrogen-bond donors (Lipinski definition) is 0. The Hall–Kier alpha value is -2.93. The van der Waals surface area contributed by atoms with E-state index in [-0.39, 0.29) is 12.5 Å². The van der Waals surface area contributed by atoms with Crippen molar-refractivity contribution in [2.24, 2.45) is 0 Å². The fraction of sp³-hybridized carbons (Fsp3) is 0.211. The van der Waals surface area contributed by atoms with Crippen molar-refractivity contribution in [2.75, 3.05) is 13.7 Å². The summed E-state index contributed by atoms with van der Waals surface area (Å²) >= 11 is 1.38. The van der Waals surface area contributed by atoms with Crippen LogP contribution in [0.5, 0.6) is 0 Å². The molecule has 134 valence electrons. The number of ether oxygens (including phenoxy) is 1. The third-order valence-electron chi connectivity index (χ3n) is 3.78. The number of thiazole rings is 1. The highest BCUT2D eigenvalue weighted by molar-refractivity contribution is 7.15. The van der Waals surface area contributed by atoms with Crippen LogP contribution in [0.15, 0.2) is 53.1 Å². The van der Waals surface area contributed by atoms with Gasteiger partial charge in [-0.15, -0.1) is 11.3 Å². The van der Waals surface area contributed by atoms with Gasteiger partial charge in [-0.3, -0.25) is 9.59 Å². The monoisotopic (exact) mass is 370 g/mol. The van der Waals surface area contributed by atoms with E-state index in [1.54, 1.807) is 18.4 Å². The number of esters is 1. The second-order valence-electron chi connectivity index (χ2n) is 5.62. The molecule has 0 saturated carbocycles. The van der Waals surface area contributed by atoms with Gasteiger partial charge in [0.15, 0.2) is 10.8 Å². The van der Waals surface area contributed by atoms with Crippen molar-refractivity contribution in [3.05, 3.63) is 64.9 Å². The Morgan fingerprint density at radius 1 is 1.19 bits per heavy atom. The quantitative estimate of drug-likeness (QED) is 0.621. The van der Waals surface area contributed by atoms with Crippen LogP contribution < -0.4 is 0 Å². The number of aromatic nitrogens is 1. The lowest BCUT2D eigenvalue weighted by atomic mass is 10.2. The molecular formula is C19H18N2O4S. The molecule has 7 heteroatoms. The van der Waals surface area contributed by atoms with Crippen molar-refractivity contribution < 1.29 is 18.7 Å². The lowest BCUT2D eigenvalue weighted by Crippen LogP contribution is -2.36. The highest BCUT2D eigenvalue weighted by atomic mass is 32.1. The zero-order valence-electron chi connectivity index (χ0n) is 14.5. The van der Waals surface area contributed by atoms with Gasteiger partial charge >= 0.3 is 5.97 Å². The van der Waals surface area contributed by atoms with Crippen molar-refractivity contribution in [1.29, 1.82) is 0 Å². The van der Waals surface area contributed by atoms with Gasteiger partial charge in [0.05, 0.1) is 13.4 Å². The second kappa shape index (κ2) is 7.97. The number of nitrogens with zero attached hydrogens (tertiary/aromatic N) is 2. The molecule has 0 aliphatic carbocycles. The average Bonchev–Trinajstić information content (AvgIpc) is 3.31. The first-order valence-electron chi connectivity index (χ1n) is 8.00. The summed E-state index contributed by atoms with van der Waals surface area (Å²) < 4.78 is 10.1. The molecule has 1 aromatic carbocycles. The van der Waals surface area contributed by atoms with Crippen LogP contribution in [0.3, 0.4) is 0 Å². The van der Waals surface area contributed by atoms with Crippen LogP contribution in [0.1, 0.15) is 20.9 Å². The maximum atomic E-state index is 13.0. The van der Waals surface area contributed by atoms with E-state index in [2.05, 4.69) is 4.98 Å². The average molecular weight is 370 g/mol. The predicted octanol–water partition coefficient (Wildman–Crippen LogP) is 3.53.